The van der Waals surface area contributed by atoms with Gasteiger partial charge in [-0.1, -0.05) is 193 Å². The van der Waals surface area contributed by atoms with Gasteiger partial charge in [0.05, 0.1) is 23.8 Å². The van der Waals surface area contributed by atoms with Crippen LogP contribution in [0.5, 0.6) is 0 Å². The highest BCUT2D eigenvalue weighted by Gasteiger charge is 2.41. The molecule has 83 heavy (non-hydrogen) atoms. The van der Waals surface area contributed by atoms with Gasteiger partial charge in [0.25, 0.3) is 0 Å². The van der Waals surface area contributed by atoms with Gasteiger partial charge in [-0.05, 0) is 167 Å². The van der Waals surface area contributed by atoms with Crippen LogP contribution in [0.1, 0.15) is 98.0 Å². The Morgan fingerprint density at radius 1 is 0.410 bits per heavy atom. The van der Waals surface area contributed by atoms with Crippen LogP contribution in [-0.2, 0) is 16.2 Å². The molecule has 0 amide bonds. The van der Waals surface area contributed by atoms with Gasteiger partial charge in [0.2, 0.25) is 0 Å². The van der Waals surface area contributed by atoms with Crippen molar-refractivity contribution in [3.05, 3.63) is 287 Å². The standard InChI is InChI=1S/C77H62N6/c1-75(2)67-41-49(19-21-51-25-31-63-65-33-27-55(45-71(65)76(3,4)69(63)43-51)82(57-15-11-37-78-47-57)73-59-17-9-7-13-53(59)35-39-80-73)23-29-61(67)62-30-24-50(42-68(62)75)20-22-52-26-32-64-66-34-28-56(46-72(66)77(5,6)70(64)44-52)83(58-16-12-38-79-48-58)74-60-18-10-8-14-54(60)36-40-81-74/h7-25,27-48,52H,26H2,1-6H3/b21-19+,22-20+. The average molecular weight is 1070 g/mol. The highest BCUT2D eigenvalue weighted by atomic mass is 15.2. The van der Waals surface area contributed by atoms with E-state index >= 15 is 0 Å². The molecule has 7 aromatic carbocycles. The first kappa shape index (κ1) is 50.2. The Morgan fingerprint density at radius 2 is 0.855 bits per heavy atom. The third-order valence-electron chi connectivity index (χ3n) is 18.4. The Morgan fingerprint density at radius 3 is 1.35 bits per heavy atom. The average Bonchev–Trinajstić information content (AvgIpc) is 4.02. The summed E-state index contributed by atoms with van der Waals surface area (Å²) >= 11 is 0. The fourth-order valence-corrected chi connectivity index (χ4v) is 14.0. The lowest BCUT2D eigenvalue weighted by molar-refractivity contribution is 0.645. The van der Waals surface area contributed by atoms with Crippen molar-refractivity contribution in [3.63, 3.8) is 0 Å². The van der Waals surface area contributed by atoms with Crippen LogP contribution in [0.15, 0.2) is 237 Å². The quantitative estimate of drug-likeness (QED) is 0.127. The van der Waals surface area contributed by atoms with Crippen LogP contribution in [0.2, 0.25) is 0 Å². The lowest BCUT2D eigenvalue weighted by atomic mass is 9.78. The number of hydrogen-bond donors (Lipinski definition) is 0. The summed E-state index contributed by atoms with van der Waals surface area (Å²) in [6, 6.07) is 64.2. The Balaban J connectivity index is 0.664. The number of benzene rings is 7. The van der Waals surface area contributed by atoms with E-state index in [4.69, 9.17) is 9.97 Å². The van der Waals surface area contributed by atoms with Crippen molar-refractivity contribution in [1.82, 2.24) is 19.9 Å². The van der Waals surface area contributed by atoms with Crippen LogP contribution in [0.25, 0.3) is 67.6 Å². The predicted octanol–water partition coefficient (Wildman–Crippen LogP) is 19.6. The molecule has 0 N–H and O–H groups in total. The van der Waals surface area contributed by atoms with Gasteiger partial charge in [-0.2, -0.15) is 0 Å². The van der Waals surface area contributed by atoms with E-state index in [0.717, 1.165) is 62.4 Å². The first-order valence-electron chi connectivity index (χ1n) is 29.0. The molecule has 0 bridgehead atoms. The van der Waals surface area contributed by atoms with Crippen LogP contribution in [-0.4, -0.2) is 19.9 Å². The Hall–Kier alpha value is -9.78. The van der Waals surface area contributed by atoms with Crippen molar-refractivity contribution in [1.29, 1.82) is 0 Å². The molecular weight excluding hydrogens is 1010 g/mol. The van der Waals surface area contributed by atoms with Gasteiger partial charge in [-0.25, -0.2) is 9.97 Å². The number of hydrogen-bond acceptors (Lipinski definition) is 6. The second-order valence-electron chi connectivity index (χ2n) is 24.3. The molecule has 400 valence electrons. The number of allylic oxidation sites excluding steroid dienone is 5. The van der Waals surface area contributed by atoms with E-state index in [0.29, 0.717) is 0 Å². The maximum absolute atomic E-state index is 4.97. The zero-order valence-electron chi connectivity index (χ0n) is 47.6. The number of fused-ring (bicyclic) bond motifs is 11. The zero-order chi connectivity index (χ0) is 56.2. The van der Waals surface area contributed by atoms with E-state index < -0.39 is 0 Å². The van der Waals surface area contributed by atoms with Crippen molar-refractivity contribution in [2.75, 3.05) is 9.80 Å². The molecule has 4 aliphatic carbocycles. The Labute approximate surface area is 486 Å². The summed E-state index contributed by atoms with van der Waals surface area (Å²) in [4.78, 5) is 23.5. The molecule has 6 nitrogen and oxygen atoms in total. The molecule has 4 heterocycles. The summed E-state index contributed by atoms with van der Waals surface area (Å²) in [6.45, 7) is 14.2. The van der Waals surface area contributed by atoms with Gasteiger partial charge in [0, 0.05) is 63.2 Å². The number of anilines is 6. The second-order valence-corrected chi connectivity index (χ2v) is 24.3. The van der Waals surface area contributed by atoms with E-state index in [1.807, 2.05) is 49.3 Å². The highest BCUT2D eigenvalue weighted by Crippen LogP contribution is 2.55. The summed E-state index contributed by atoms with van der Waals surface area (Å²) in [7, 11) is 0. The molecule has 1 atom stereocenters. The van der Waals surface area contributed by atoms with Crippen LogP contribution in [0.3, 0.4) is 0 Å². The van der Waals surface area contributed by atoms with E-state index in [2.05, 4.69) is 262 Å². The molecule has 4 aromatic heterocycles. The number of aromatic nitrogens is 4. The van der Waals surface area contributed by atoms with Crippen LogP contribution < -0.4 is 9.80 Å². The number of pyridine rings is 4. The lowest BCUT2D eigenvalue weighted by Crippen LogP contribution is -2.18. The predicted molar refractivity (Wildman–Crippen MR) is 345 cm³/mol. The molecule has 0 saturated carbocycles. The molecule has 11 aromatic rings. The van der Waals surface area contributed by atoms with Crippen LogP contribution in [0, 0.1) is 5.92 Å². The monoisotopic (exact) mass is 1070 g/mol. The van der Waals surface area contributed by atoms with Crippen molar-refractivity contribution in [2.45, 2.75) is 64.2 Å². The maximum atomic E-state index is 4.97. The van der Waals surface area contributed by atoms with E-state index in [1.54, 1.807) is 0 Å². The van der Waals surface area contributed by atoms with Crippen LogP contribution >= 0.6 is 0 Å². The Kier molecular flexibility index (Phi) is 11.6. The molecule has 0 radical (unpaired) electrons. The Bertz CT molecular complexity index is 4570. The minimum atomic E-state index is -0.226. The van der Waals surface area contributed by atoms with Gasteiger partial charge in [0.1, 0.15) is 11.6 Å². The van der Waals surface area contributed by atoms with Gasteiger partial charge >= 0.3 is 0 Å². The molecule has 4 aliphatic rings. The topological polar surface area (TPSA) is 58.0 Å². The number of nitrogens with zero attached hydrogens (tertiary/aromatic N) is 6. The molecule has 0 fully saturated rings. The van der Waals surface area contributed by atoms with E-state index in [9.17, 15) is 0 Å². The number of rotatable bonds is 10. The molecular formula is C77H62N6. The fourth-order valence-electron chi connectivity index (χ4n) is 14.0. The molecule has 15 rings (SSSR count). The lowest BCUT2D eigenvalue weighted by Gasteiger charge is -2.28. The summed E-state index contributed by atoms with van der Waals surface area (Å²) in [5, 5.41) is 4.50. The van der Waals surface area contributed by atoms with E-state index in [-0.39, 0.29) is 22.2 Å². The summed E-state index contributed by atoms with van der Waals surface area (Å²) < 4.78 is 0. The zero-order valence-corrected chi connectivity index (χ0v) is 47.6. The van der Waals surface area contributed by atoms with Gasteiger partial charge in [0.15, 0.2) is 0 Å². The van der Waals surface area contributed by atoms with Crippen molar-refractivity contribution in [2.24, 2.45) is 5.92 Å². The normalized spacial score (nSPS) is 16.5. The van der Waals surface area contributed by atoms with Gasteiger partial charge < -0.3 is 0 Å². The molecule has 0 saturated heterocycles. The second kappa shape index (κ2) is 19.2. The third-order valence-corrected chi connectivity index (χ3v) is 18.4. The molecule has 0 spiro atoms. The summed E-state index contributed by atoms with van der Waals surface area (Å²) in [6.07, 6.45) is 26.6. The molecule has 6 heteroatoms. The fraction of sp³-hybridized carbons (Fsp3) is 0.143. The van der Waals surface area contributed by atoms with Crippen molar-refractivity contribution < 1.29 is 0 Å². The first-order valence-corrected chi connectivity index (χ1v) is 29.0. The molecule has 0 aliphatic heterocycles. The first-order chi connectivity index (χ1) is 40.4. The minimum absolute atomic E-state index is 0.157. The minimum Gasteiger partial charge on any atom is -0.293 e. The van der Waals surface area contributed by atoms with Crippen LogP contribution in [0.4, 0.5) is 34.4 Å². The van der Waals surface area contributed by atoms with E-state index in [1.165, 1.54) is 83.5 Å². The smallest absolute Gasteiger partial charge is 0.145 e. The van der Waals surface area contributed by atoms with Gasteiger partial charge in [-0.15, -0.1) is 0 Å². The summed E-state index contributed by atoms with van der Waals surface area (Å²) in [5.41, 5.74) is 23.1. The SMILES string of the molecule is CC1(C)C2=CC(/C=C/c3ccc4c(c3)C(C)(C)c3cc(/C=C/c5ccc6c(c5)C(C)(C)c5cc(N(c7cccnc7)c7nccc8ccccc78)ccc5-6)ccc3-4)CC=C2c2ccc(N(c3cccnc3)c3nccc4ccccc34)cc21. The van der Waals surface area contributed by atoms with Gasteiger partial charge in [-0.3, -0.25) is 19.8 Å². The summed E-state index contributed by atoms with van der Waals surface area (Å²) in [5.74, 6) is 2.06. The molecule has 1 unspecified atom stereocenters. The third kappa shape index (κ3) is 8.21. The van der Waals surface area contributed by atoms with Crippen molar-refractivity contribution >= 4 is 79.7 Å². The van der Waals surface area contributed by atoms with Crippen molar-refractivity contribution in [3.8, 4) is 22.3 Å². The highest BCUT2D eigenvalue weighted by molar-refractivity contribution is 5.99. The largest absolute Gasteiger partial charge is 0.293 e. The maximum Gasteiger partial charge on any atom is 0.145 e.